The first-order valence-electron chi connectivity index (χ1n) is 7.71. The van der Waals surface area contributed by atoms with E-state index in [9.17, 15) is 5.11 Å². The van der Waals surface area contributed by atoms with Gasteiger partial charge in [-0.05, 0) is 24.5 Å². The third-order valence-corrected chi connectivity index (χ3v) is 3.60. The van der Waals surface area contributed by atoms with Gasteiger partial charge in [0.15, 0.2) is 0 Å². The summed E-state index contributed by atoms with van der Waals surface area (Å²) in [4.78, 5) is 0. The zero-order chi connectivity index (χ0) is 15.6. The van der Waals surface area contributed by atoms with Crippen LogP contribution in [0.3, 0.4) is 0 Å². The molecule has 2 unspecified atom stereocenters. The molecule has 0 saturated carbocycles. The molecule has 2 aromatic carbocycles. The number of hydrogen-bond donors (Lipinski definition) is 1. The minimum atomic E-state index is -0.117. The molecular formula is C19H24O3. The Balaban J connectivity index is 1.83. The van der Waals surface area contributed by atoms with Crippen LogP contribution in [-0.2, 0) is 22.7 Å². The Morgan fingerprint density at radius 1 is 0.818 bits per heavy atom. The Bertz CT molecular complexity index is 513. The molecule has 22 heavy (non-hydrogen) atoms. The lowest BCUT2D eigenvalue weighted by Gasteiger charge is -2.24. The second kappa shape index (κ2) is 9.36. The van der Waals surface area contributed by atoms with Crippen molar-refractivity contribution < 1.29 is 14.6 Å². The first kappa shape index (κ1) is 16.7. The van der Waals surface area contributed by atoms with Gasteiger partial charge >= 0.3 is 0 Å². The maximum absolute atomic E-state index is 9.23. The number of aliphatic hydroxyl groups excluding tert-OH is 1. The van der Waals surface area contributed by atoms with Crippen LogP contribution in [0.2, 0.25) is 0 Å². The normalized spacial score (nSPS) is 13.7. The minimum Gasteiger partial charge on any atom is -0.396 e. The van der Waals surface area contributed by atoms with Crippen LogP contribution >= 0.6 is 0 Å². The van der Waals surface area contributed by atoms with E-state index < -0.39 is 0 Å². The van der Waals surface area contributed by atoms with Crippen molar-refractivity contribution in [1.82, 2.24) is 0 Å². The smallest absolute Gasteiger partial charge is 0.0860 e. The van der Waals surface area contributed by atoms with Gasteiger partial charge < -0.3 is 14.6 Å². The average Bonchev–Trinajstić information content (AvgIpc) is 2.58. The molecule has 3 heteroatoms. The van der Waals surface area contributed by atoms with Gasteiger partial charge in [-0.15, -0.1) is 0 Å². The van der Waals surface area contributed by atoms with Gasteiger partial charge in [-0.25, -0.2) is 0 Å². The van der Waals surface area contributed by atoms with Gasteiger partial charge in [0.05, 0.1) is 25.4 Å². The number of hydrogen-bond acceptors (Lipinski definition) is 3. The highest BCUT2D eigenvalue weighted by atomic mass is 16.5. The van der Waals surface area contributed by atoms with Crippen LogP contribution in [0.1, 0.15) is 24.5 Å². The third-order valence-electron chi connectivity index (χ3n) is 3.60. The Morgan fingerprint density at radius 3 is 1.82 bits per heavy atom. The van der Waals surface area contributed by atoms with E-state index in [1.165, 1.54) is 0 Å². The quantitative estimate of drug-likeness (QED) is 0.769. The van der Waals surface area contributed by atoms with E-state index in [4.69, 9.17) is 9.47 Å². The Morgan fingerprint density at radius 2 is 1.32 bits per heavy atom. The Labute approximate surface area is 132 Å². The molecule has 0 aliphatic rings. The summed E-state index contributed by atoms with van der Waals surface area (Å²) in [6.07, 6.45) is 0.382. The lowest BCUT2D eigenvalue weighted by molar-refractivity contribution is -0.0847. The molecule has 2 atom stereocenters. The molecule has 3 nitrogen and oxygen atoms in total. The molecule has 2 rings (SSSR count). The van der Waals surface area contributed by atoms with Crippen molar-refractivity contribution in [3.05, 3.63) is 71.8 Å². The van der Waals surface area contributed by atoms with Crippen molar-refractivity contribution in [3.8, 4) is 0 Å². The number of benzene rings is 2. The third kappa shape index (κ3) is 5.60. The van der Waals surface area contributed by atoms with Crippen LogP contribution in [0.4, 0.5) is 0 Å². The van der Waals surface area contributed by atoms with Gasteiger partial charge in [0.1, 0.15) is 0 Å². The monoisotopic (exact) mass is 300 g/mol. The van der Waals surface area contributed by atoms with E-state index in [2.05, 4.69) is 0 Å². The van der Waals surface area contributed by atoms with Crippen LogP contribution in [0, 0.1) is 0 Å². The molecule has 0 aliphatic carbocycles. The van der Waals surface area contributed by atoms with Crippen molar-refractivity contribution in [3.63, 3.8) is 0 Å². The molecule has 1 N–H and O–H groups in total. The summed E-state index contributed by atoms with van der Waals surface area (Å²) in [6, 6.07) is 20.1. The molecule has 0 aromatic heterocycles. The van der Waals surface area contributed by atoms with Gasteiger partial charge in [0.25, 0.3) is 0 Å². The number of rotatable bonds is 9. The van der Waals surface area contributed by atoms with E-state index in [0.29, 0.717) is 19.6 Å². The molecule has 0 heterocycles. The Hall–Kier alpha value is -1.68. The lowest BCUT2D eigenvalue weighted by Crippen LogP contribution is -2.30. The van der Waals surface area contributed by atoms with Crippen LogP contribution in [0.5, 0.6) is 0 Å². The number of ether oxygens (including phenoxy) is 2. The van der Waals surface area contributed by atoms with Gasteiger partial charge in [0.2, 0.25) is 0 Å². The summed E-state index contributed by atoms with van der Waals surface area (Å²) in [5.74, 6) is 0. The van der Waals surface area contributed by atoms with E-state index in [-0.39, 0.29) is 18.8 Å². The zero-order valence-electron chi connectivity index (χ0n) is 13.0. The van der Waals surface area contributed by atoms with Crippen LogP contribution in [-0.4, -0.2) is 23.9 Å². The minimum absolute atomic E-state index is 0.0731. The fourth-order valence-corrected chi connectivity index (χ4v) is 2.27. The predicted molar refractivity (Wildman–Crippen MR) is 87.4 cm³/mol. The summed E-state index contributed by atoms with van der Waals surface area (Å²) < 4.78 is 11.8. The topological polar surface area (TPSA) is 38.7 Å². The SMILES string of the molecule is CC(OCc1ccccc1)C(CCO)OCc1ccccc1. The van der Waals surface area contributed by atoms with Crippen molar-refractivity contribution in [2.45, 2.75) is 38.8 Å². The van der Waals surface area contributed by atoms with E-state index >= 15 is 0 Å². The van der Waals surface area contributed by atoms with Gasteiger partial charge in [-0.1, -0.05) is 60.7 Å². The molecule has 0 aliphatic heterocycles. The van der Waals surface area contributed by atoms with Crippen molar-refractivity contribution in [2.75, 3.05) is 6.61 Å². The molecule has 0 saturated heterocycles. The molecule has 2 aromatic rings. The van der Waals surface area contributed by atoms with Crippen molar-refractivity contribution in [1.29, 1.82) is 0 Å². The molecule has 0 bridgehead atoms. The molecular weight excluding hydrogens is 276 g/mol. The van der Waals surface area contributed by atoms with Crippen molar-refractivity contribution in [2.24, 2.45) is 0 Å². The predicted octanol–water partition coefficient (Wildman–Crippen LogP) is 3.56. The van der Waals surface area contributed by atoms with Gasteiger partial charge in [0, 0.05) is 6.61 Å². The summed E-state index contributed by atoms with van der Waals surface area (Å²) >= 11 is 0. The Kier molecular flexibility index (Phi) is 7.10. The number of aliphatic hydroxyl groups is 1. The fraction of sp³-hybridized carbons (Fsp3) is 0.368. The lowest BCUT2D eigenvalue weighted by atomic mass is 10.1. The van der Waals surface area contributed by atoms with Crippen molar-refractivity contribution >= 4 is 0 Å². The maximum Gasteiger partial charge on any atom is 0.0860 e. The van der Waals surface area contributed by atoms with Crippen LogP contribution in [0.25, 0.3) is 0 Å². The first-order valence-corrected chi connectivity index (χ1v) is 7.71. The van der Waals surface area contributed by atoms with Crippen LogP contribution < -0.4 is 0 Å². The molecule has 0 radical (unpaired) electrons. The summed E-state index contributed by atoms with van der Waals surface area (Å²) in [5.41, 5.74) is 2.26. The second-order valence-electron chi connectivity index (χ2n) is 5.35. The highest BCUT2D eigenvalue weighted by molar-refractivity contribution is 5.14. The average molecular weight is 300 g/mol. The maximum atomic E-state index is 9.23. The molecule has 0 amide bonds. The summed E-state index contributed by atoms with van der Waals surface area (Å²) in [7, 11) is 0. The van der Waals surface area contributed by atoms with E-state index in [1.54, 1.807) is 0 Å². The van der Waals surface area contributed by atoms with E-state index in [0.717, 1.165) is 11.1 Å². The second-order valence-corrected chi connectivity index (χ2v) is 5.35. The molecule has 118 valence electrons. The largest absolute Gasteiger partial charge is 0.396 e. The van der Waals surface area contributed by atoms with Gasteiger partial charge in [-0.2, -0.15) is 0 Å². The standard InChI is InChI=1S/C19H24O3/c1-16(21-14-17-8-4-2-5-9-17)19(12-13-20)22-15-18-10-6-3-7-11-18/h2-11,16,19-20H,12-15H2,1H3. The fourth-order valence-electron chi connectivity index (χ4n) is 2.27. The zero-order valence-corrected chi connectivity index (χ0v) is 13.0. The molecule has 0 fully saturated rings. The first-order chi connectivity index (χ1) is 10.8. The van der Waals surface area contributed by atoms with E-state index in [1.807, 2.05) is 67.6 Å². The summed E-state index contributed by atoms with van der Waals surface area (Å²) in [6.45, 7) is 3.18. The molecule has 0 spiro atoms. The highest BCUT2D eigenvalue weighted by Gasteiger charge is 2.18. The summed E-state index contributed by atoms with van der Waals surface area (Å²) in [5, 5.41) is 9.23. The highest BCUT2D eigenvalue weighted by Crippen LogP contribution is 2.13. The van der Waals surface area contributed by atoms with Crippen LogP contribution in [0.15, 0.2) is 60.7 Å². The van der Waals surface area contributed by atoms with Gasteiger partial charge in [-0.3, -0.25) is 0 Å².